The van der Waals surface area contributed by atoms with Crippen LogP contribution in [0.25, 0.3) is 11.1 Å². The highest BCUT2D eigenvalue weighted by Gasteiger charge is 2.19. The summed E-state index contributed by atoms with van der Waals surface area (Å²) >= 11 is 0. The van der Waals surface area contributed by atoms with Crippen molar-refractivity contribution >= 4 is 11.1 Å². The molecule has 1 aliphatic rings. The zero-order chi connectivity index (χ0) is 21.3. The van der Waals surface area contributed by atoms with Gasteiger partial charge in [0, 0.05) is 6.61 Å². The highest BCUT2D eigenvalue weighted by Crippen LogP contribution is 2.39. The van der Waals surface area contributed by atoms with E-state index in [1.54, 1.807) is 0 Å². The van der Waals surface area contributed by atoms with Crippen LogP contribution >= 0.6 is 0 Å². The van der Waals surface area contributed by atoms with Gasteiger partial charge in [-0.05, 0) is 84.1 Å². The van der Waals surface area contributed by atoms with Crippen LogP contribution in [0, 0.1) is 0 Å². The Morgan fingerprint density at radius 2 is 1.42 bits per heavy atom. The van der Waals surface area contributed by atoms with Gasteiger partial charge in [0.15, 0.2) is 0 Å². The number of benzene rings is 3. The maximum absolute atomic E-state index is 8.87. The van der Waals surface area contributed by atoms with E-state index in [9.17, 15) is 0 Å². The largest absolute Gasteiger partial charge is 0.494 e. The maximum Gasteiger partial charge on any atom is 0.119 e. The Labute approximate surface area is 186 Å². The number of rotatable bonds is 9. The van der Waals surface area contributed by atoms with Crippen molar-refractivity contribution < 1.29 is 9.84 Å². The van der Waals surface area contributed by atoms with Crippen molar-refractivity contribution in [3.05, 3.63) is 101 Å². The van der Waals surface area contributed by atoms with Gasteiger partial charge >= 0.3 is 0 Å². The van der Waals surface area contributed by atoms with Gasteiger partial charge < -0.3 is 9.84 Å². The van der Waals surface area contributed by atoms with Crippen LogP contribution in [-0.2, 0) is 6.42 Å². The third-order valence-corrected chi connectivity index (χ3v) is 6.04. The second-order valence-corrected chi connectivity index (χ2v) is 8.24. The summed E-state index contributed by atoms with van der Waals surface area (Å²) in [6, 6.07) is 28.2. The molecule has 0 heterocycles. The molecule has 0 saturated heterocycles. The quantitative estimate of drug-likeness (QED) is 0.387. The third-order valence-electron chi connectivity index (χ3n) is 6.04. The first-order valence-corrected chi connectivity index (χ1v) is 11.6. The highest BCUT2D eigenvalue weighted by atomic mass is 16.5. The molecule has 3 aromatic rings. The Balaban J connectivity index is 1.60. The summed E-state index contributed by atoms with van der Waals surface area (Å²) in [7, 11) is 0. The Morgan fingerprint density at radius 3 is 2.23 bits per heavy atom. The van der Waals surface area contributed by atoms with Crippen LogP contribution in [0.4, 0.5) is 0 Å². The van der Waals surface area contributed by atoms with Crippen molar-refractivity contribution in [1.29, 1.82) is 0 Å². The first-order valence-electron chi connectivity index (χ1n) is 11.6. The van der Waals surface area contributed by atoms with Crippen molar-refractivity contribution in [1.82, 2.24) is 0 Å². The summed E-state index contributed by atoms with van der Waals surface area (Å²) in [4.78, 5) is 0. The van der Waals surface area contributed by atoms with E-state index >= 15 is 0 Å². The van der Waals surface area contributed by atoms with Gasteiger partial charge in [0.25, 0.3) is 0 Å². The van der Waals surface area contributed by atoms with Crippen molar-refractivity contribution in [2.75, 3.05) is 13.2 Å². The molecule has 1 N–H and O–H groups in total. The average molecular weight is 413 g/mol. The minimum Gasteiger partial charge on any atom is -0.494 e. The molecule has 4 rings (SSSR count). The SMILES string of the molecule is OCCCCCCOc1ccc(C(=C2CCCc3ccccc32)c2ccccc2)cc1. The lowest BCUT2D eigenvalue weighted by Gasteiger charge is -2.23. The van der Waals surface area contributed by atoms with Gasteiger partial charge in [0.05, 0.1) is 6.61 Å². The predicted molar refractivity (Wildman–Crippen MR) is 129 cm³/mol. The molecule has 0 unspecified atom stereocenters. The molecule has 0 atom stereocenters. The van der Waals surface area contributed by atoms with Crippen LogP contribution in [0.3, 0.4) is 0 Å². The summed E-state index contributed by atoms with van der Waals surface area (Å²) in [5, 5.41) is 8.87. The van der Waals surface area contributed by atoms with Gasteiger partial charge in [-0.1, -0.05) is 73.2 Å². The van der Waals surface area contributed by atoms with Crippen molar-refractivity contribution in [3.8, 4) is 5.75 Å². The zero-order valence-electron chi connectivity index (χ0n) is 18.2. The van der Waals surface area contributed by atoms with Crippen LogP contribution in [-0.4, -0.2) is 18.3 Å². The standard InChI is InChI=1S/C29H32O2/c30-21-8-1-2-9-22-31-26-19-17-25(18-20-26)29(24-12-4-3-5-13-24)28-16-10-14-23-11-6-7-15-27(23)28/h3-7,11-13,15,17-20,30H,1-2,8-10,14,16,21-22H2. The molecule has 160 valence electrons. The second-order valence-electron chi connectivity index (χ2n) is 8.24. The monoisotopic (exact) mass is 412 g/mol. The van der Waals surface area contributed by atoms with E-state index in [-0.39, 0.29) is 6.61 Å². The number of aryl methyl sites for hydroxylation is 1. The Hall–Kier alpha value is -2.84. The van der Waals surface area contributed by atoms with Gasteiger partial charge in [-0.25, -0.2) is 0 Å². The van der Waals surface area contributed by atoms with E-state index < -0.39 is 0 Å². The Kier molecular flexibility index (Phi) is 7.57. The fourth-order valence-electron chi connectivity index (χ4n) is 4.48. The number of allylic oxidation sites excluding steroid dienone is 1. The summed E-state index contributed by atoms with van der Waals surface area (Å²) in [6.45, 7) is 1.01. The lowest BCUT2D eigenvalue weighted by atomic mass is 9.81. The predicted octanol–water partition coefficient (Wildman–Crippen LogP) is 6.91. The summed E-state index contributed by atoms with van der Waals surface area (Å²) in [6.07, 6.45) is 7.53. The molecular weight excluding hydrogens is 380 g/mol. The lowest BCUT2D eigenvalue weighted by molar-refractivity contribution is 0.273. The molecule has 2 heteroatoms. The van der Waals surface area contributed by atoms with E-state index in [4.69, 9.17) is 9.84 Å². The molecule has 31 heavy (non-hydrogen) atoms. The normalized spacial score (nSPS) is 14.7. The van der Waals surface area contributed by atoms with E-state index in [2.05, 4.69) is 78.9 Å². The average Bonchev–Trinajstić information content (AvgIpc) is 2.83. The summed E-state index contributed by atoms with van der Waals surface area (Å²) in [5.41, 5.74) is 8.16. The minimum absolute atomic E-state index is 0.284. The van der Waals surface area contributed by atoms with Gasteiger partial charge in [-0.15, -0.1) is 0 Å². The molecule has 1 aliphatic carbocycles. The maximum atomic E-state index is 8.87. The van der Waals surface area contributed by atoms with Crippen molar-refractivity contribution in [3.63, 3.8) is 0 Å². The molecule has 0 bridgehead atoms. The van der Waals surface area contributed by atoms with Crippen LogP contribution in [0.15, 0.2) is 78.9 Å². The number of ether oxygens (including phenoxy) is 1. The molecule has 3 aromatic carbocycles. The molecule has 2 nitrogen and oxygen atoms in total. The molecule has 0 saturated carbocycles. The van der Waals surface area contributed by atoms with E-state index in [1.165, 1.54) is 39.8 Å². The van der Waals surface area contributed by atoms with Gasteiger partial charge in [0.2, 0.25) is 0 Å². The smallest absolute Gasteiger partial charge is 0.119 e. The topological polar surface area (TPSA) is 29.5 Å². The van der Waals surface area contributed by atoms with Gasteiger partial charge in [-0.3, -0.25) is 0 Å². The Morgan fingerprint density at radius 1 is 0.710 bits per heavy atom. The van der Waals surface area contributed by atoms with Crippen LogP contribution in [0.2, 0.25) is 0 Å². The van der Waals surface area contributed by atoms with Crippen LogP contribution in [0.1, 0.15) is 60.8 Å². The van der Waals surface area contributed by atoms with Crippen molar-refractivity contribution in [2.45, 2.75) is 44.9 Å². The molecule has 0 amide bonds. The molecular formula is C29H32O2. The van der Waals surface area contributed by atoms with E-state index in [0.717, 1.165) is 50.9 Å². The fraction of sp³-hybridized carbons (Fsp3) is 0.310. The molecule has 0 fully saturated rings. The number of hydrogen-bond acceptors (Lipinski definition) is 2. The molecule has 0 aromatic heterocycles. The Bertz CT molecular complexity index is 987. The lowest BCUT2D eigenvalue weighted by Crippen LogP contribution is -2.05. The first kappa shape index (κ1) is 21.4. The highest BCUT2D eigenvalue weighted by molar-refractivity contribution is 5.99. The second kappa shape index (κ2) is 11.0. The minimum atomic E-state index is 0.284. The molecule has 0 radical (unpaired) electrons. The third kappa shape index (κ3) is 5.45. The number of aliphatic hydroxyl groups excluding tert-OH is 1. The first-order chi connectivity index (χ1) is 15.4. The van der Waals surface area contributed by atoms with Gasteiger partial charge in [-0.2, -0.15) is 0 Å². The van der Waals surface area contributed by atoms with Crippen LogP contribution < -0.4 is 4.74 Å². The van der Waals surface area contributed by atoms with Crippen molar-refractivity contribution in [2.24, 2.45) is 0 Å². The summed E-state index contributed by atoms with van der Waals surface area (Å²) < 4.78 is 5.95. The zero-order valence-corrected chi connectivity index (χ0v) is 18.2. The van der Waals surface area contributed by atoms with Gasteiger partial charge in [0.1, 0.15) is 5.75 Å². The number of aliphatic hydroxyl groups is 1. The van der Waals surface area contributed by atoms with E-state index in [1.807, 2.05) is 0 Å². The number of hydrogen-bond donors (Lipinski definition) is 1. The molecule has 0 aliphatic heterocycles. The number of unbranched alkanes of at least 4 members (excludes halogenated alkanes) is 3. The summed E-state index contributed by atoms with van der Waals surface area (Å²) in [5.74, 6) is 0.923. The van der Waals surface area contributed by atoms with E-state index in [0.29, 0.717) is 0 Å². The molecule has 0 spiro atoms. The fourth-order valence-corrected chi connectivity index (χ4v) is 4.48. The number of fused-ring (bicyclic) bond motifs is 1. The van der Waals surface area contributed by atoms with Crippen LogP contribution in [0.5, 0.6) is 5.75 Å².